The Hall–Kier alpha value is -0.860. The summed E-state index contributed by atoms with van der Waals surface area (Å²) in [6.07, 6.45) is 0. The number of sulfonamides is 1. The smallest absolute Gasteiger partial charge is 0.261 e. The summed E-state index contributed by atoms with van der Waals surface area (Å²) in [7, 11) is -3.70. The van der Waals surface area contributed by atoms with Crippen molar-refractivity contribution in [2.45, 2.75) is 4.90 Å². The molecule has 0 fully saturated rings. The molecule has 7 heteroatoms. The van der Waals surface area contributed by atoms with Gasteiger partial charge >= 0.3 is 0 Å². The Morgan fingerprint density at radius 2 is 1.74 bits per heavy atom. The lowest BCUT2D eigenvalue weighted by Gasteiger charge is -2.09. The zero-order valence-corrected chi connectivity index (χ0v) is 13.1. The molecule has 0 spiro atoms. The molecule has 2 aromatic carbocycles. The Bertz CT molecular complexity index is 704. The monoisotopic (exact) mass is 411 g/mol. The number of nitrogens with one attached hydrogen (secondary N) is 1. The topological polar surface area (TPSA) is 46.2 Å². The fourth-order valence-electron chi connectivity index (χ4n) is 1.39. The SMILES string of the molecule is O=S(=O)(Nc1ccc(F)cc1I)c1ccc(Cl)cc1. The third-order valence-electron chi connectivity index (χ3n) is 2.30. The predicted octanol–water partition coefficient (Wildman–Crippen LogP) is 3.88. The quantitative estimate of drug-likeness (QED) is 0.779. The highest BCUT2D eigenvalue weighted by Gasteiger charge is 2.15. The van der Waals surface area contributed by atoms with Gasteiger partial charge in [0.2, 0.25) is 0 Å². The molecule has 0 saturated carbocycles. The van der Waals surface area contributed by atoms with Crippen molar-refractivity contribution >= 4 is 49.9 Å². The Morgan fingerprint density at radius 3 is 2.32 bits per heavy atom. The summed E-state index contributed by atoms with van der Waals surface area (Å²) in [5.74, 6) is -0.418. The Balaban J connectivity index is 2.33. The highest BCUT2D eigenvalue weighted by molar-refractivity contribution is 14.1. The largest absolute Gasteiger partial charge is 0.279 e. The summed E-state index contributed by atoms with van der Waals surface area (Å²) in [5, 5.41) is 0.454. The predicted molar refractivity (Wildman–Crippen MR) is 81.4 cm³/mol. The highest BCUT2D eigenvalue weighted by atomic mass is 127. The maximum Gasteiger partial charge on any atom is 0.261 e. The average Bonchev–Trinajstić information content (AvgIpc) is 2.33. The van der Waals surface area contributed by atoms with E-state index in [4.69, 9.17) is 11.6 Å². The second-order valence-corrected chi connectivity index (χ2v) is 6.96. The lowest BCUT2D eigenvalue weighted by atomic mass is 10.3. The van der Waals surface area contributed by atoms with Crippen molar-refractivity contribution in [3.8, 4) is 0 Å². The molecule has 100 valence electrons. The number of anilines is 1. The maximum atomic E-state index is 13.0. The molecular formula is C12H8ClFINO2S. The average molecular weight is 412 g/mol. The number of rotatable bonds is 3. The Morgan fingerprint density at radius 1 is 1.11 bits per heavy atom. The number of hydrogen-bond donors (Lipinski definition) is 1. The van der Waals surface area contributed by atoms with Crippen molar-refractivity contribution in [1.82, 2.24) is 0 Å². The third kappa shape index (κ3) is 3.58. The summed E-state index contributed by atoms with van der Waals surface area (Å²) in [4.78, 5) is 0.0945. The molecule has 0 aliphatic heterocycles. The molecular weight excluding hydrogens is 404 g/mol. The molecule has 0 aliphatic rings. The summed E-state index contributed by atoms with van der Waals surface area (Å²) in [5.41, 5.74) is 0.331. The van der Waals surface area contributed by atoms with E-state index >= 15 is 0 Å². The molecule has 0 aliphatic carbocycles. The molecule has 0 saturated heterocycles. The van der Waals surface area contributed by atoms with Gasteiger partial charge in [0.15, 0.2) is 0 Å². The van der Waals surface area contributed by atoms with Crippen molar-refractivity contribution < 1.29 is 12.8 Å². The molecule has 0 radical (unpaired) electrons. The molecule has 0 aromatic heterocycles. The Kier molecular flexibility index (Phi) is 4.32. The van der Waals surface area contributed by atoms with E-state index < -0.39 is 15.8 Å². The highest BCUT2D eigenvalue weighted by Crippen LogP contribution is 2.23. The van der Waals surface area contributed by atoms with Gasteiger partial charge < -0.3 is 0 Å². The van der Waals surface area contributed by atoms with E-state index in [1.807, 2.05) is 22.6 Å². The summed E-state index contributed by atoms with van der Waals surface area (Å²) in [6, 6.07) is 9.62. The number of halogens is 3. The van der Waals surface area contributed by atoms with Crippen LogP contribution in [0.15, 0.2) is 47.4 Å². The fraction of sp³-hybridized carbons (Fsp3) is 0. The van der Waals surface area contributed by atoms with Gasteiger partial charge in [-0.1, -0.05) is 11.6 Å². The number of hydrogen-bond acceptors (Lipinski definition) is 2. The first kappa shape index (κ1) is 14.5. The lowest BCUT2D eigenvalue weighted by molar-refractivity contribution is 0.601. The van der Waals surface area contributed by atoms with Crippen LogP contribution in [-0.2, 0) is 10.0 Å². The zero-order chi connectivity index (χ0) is 14.0. The van der Waals surface area contributed by atoms with E-state index in [0.717, 1.165) is 0 Å². The minimum Gasteiger partial charge on any atom is -0.279 e. The molecule has 0 amide bonds. The maximum absolute atomic E-state index is 13.0. The van der Waals surface area contributed by atoms with Crippen LogP contribution in [0.2, 0.25) is 5.02 Å². The van der Waals surface area contributed by atoms with Gasteiger partial charge in [-0.2, -0.15) is 0 Å². The molecule has 2 rings (SSSR count). The van der Waals surface area contributed by atoms with Crippen LogP contribution in [0.4, 0.5) is 10.1 Å². The standard InChI is InChI=1S/C12H8ClFINO2S/c13-8-1-4-10(5-2-8)19(17,18)16-12-6-3-9(14)7-11(12)15/h1-7,16H. The first-order valence-corrected chi connectivity index (χ1v) is 8.06. The minimum atomic E-state index is -3.70. The van der Waals surface area contributed by atoms with Crippen LogP contribution in [0.25, 0.3) is 0 Å². The van der Waals surface area contributed by atoms with Crippen molar-refractivity contribution in [3.05, 3.63) is 56.9 Å². The molecule has 0 bridgehead atoms. The molecule has 3 nitrogen and oxygen atoms in total. The summed E-state index contributed by atoms with van der Waals surface area (Å²) in [6.45, 7) is 0. The molecule has 0 heterocycles. The van der Waals surface area contributed by atoms with Crippen molar-refractivity contribution in [1.29, 1.82) is 0 Å². The van der Waals surface area contributed by atoms with Crippen LogP contribution in [0.1, 0.15) is 0 Å². The van der Waals surface area contributed by atoms with Crippen molar-refractivity contribution in [2.24, 2.45) is 0 Å². The van der Waals surface area contributed by atoms with Crippen molar-refractivity contribution in [2.75, 3.05) is 4.72 Å². The van der Waals surface area contributed by atoms with Gasteiger partial charge in [0.1, 0.15) is 5.82 Å². The van der Waals surface area contributed by atoms with Crippen LogP contribution in [0, 0.1) is 9.39 Å². The lowest BCUT2D eigenvalue weighted by Crippen LogP contribution is -2.13. The van der Waals surface area contributed by atoms with Gasteiger partial charge in [0.25, 0.3) is 10.0 Å². The molecule has 0 atom stereocenters. The van der Waals surface area contributed by atoms with Crippen LogP contribution in [-0.4, -0.2) is 8.42 Å². The van der Waals surface area contributed by atoms with E-state index in [0.29, 0.717) is 14.3 Å². The second-order valence-electron chi connectivity index (χ2n) is 3.68. The minimum absolute atomic E-state index is 0.0945. The van der Waals surface area contributed by atoms with Crippen LogP contribution < -0.4 is 4.72 Å². The van der Waals surface area contributed by atoms with Gasteiger partial charge in [-0.25, -0.2) is 12.8 Å². The Labute approximate surface area is 129 Å². The molecule has 1 N–H and O–H groups in total. The van der Waals surface area contributed by atoms with Crippen LogP contribution in [0.3, 0.4) is 0 Å². The summed E-state index contributed by atoms with van der Waals surface area (Å²) >= 11 is 7.57. The van der Waals surface area contributed by atoms with E-state index in [1.165, 1.54) is 42.5 Å². The second kappa shape index (κ2) is 5.64. The van der Waals surface area contributed by atoms with Gasteiger partial charge in [-0.05, 0) is 65.1 Å². The van der Waals surface area contributed by atoms with Crippen molar-refractivity contribution in [3.63, 3.8) is 0 Å². The van der Waals surface area contributed by atoms with E-state index in [-0.39, 0.29) is 4.90 Å². The molecule has 2 aromatic rings. The van der Waals surface area contributed by atoms with Gasteiger partial charge in [-0.15, -0.1) is 0 Å². The molecule has 19 heavy (non-hydrogen) atoms. The molecule has 0 unspecified atom stereocenters. The van der Waals surface area contributed by atoms with E-state index in [9.17, 15) is 12.8 Å². The van der Waals surface area contributed by atoms with Crippen LogP contribution in [0.5, 0.6) is 0 Å². The van der Waals surface area contributed by atoms with Crippen LogP contribution >= 0.6 is 34.2 Å². The first-order chi connectivity index (χ1) is 8.88. The summed E-state index contributed by atoms with van der Waals surface area (Å²) < 4.78 is 40.0. The third-order valence-corrected chi connectivity index (χ3v) is 4.83. The first-order valence-electron chi connectivity index (χ1n) is 5.12. The fourth-order valence-corrected chi connectivity index (χ4v) is 3.39. The van der Waals surface area contributed by atoms with Gasteiger partial charge in [0.05, 0.1) is 10.6 Å². The zero-order valence-electron chi connectivity index (χ0n) is 9.40. The van der Waals surface area contributed by atoms with E-state index in [2.05, 4.69) is 4.72 Å². The normalized spacial score (nSPS) is 11.3. The number of benzene rings is 2. The van der Waals surface area contributed by atoms with Gasteiger partial charge in [-0.3, -0.25) is 4.72 Å². The van der Waals surface area contributed by atoms with Gasteiger partial charge in [0, 0.05) is 8.59 Å². The van der Waals surface area contributed by atoms with E-state index in [1.54, 1.807) is 0 Å².